The van der Waals surface area contributed by atoms with Crippen LogP contribution in [0.1, 0.15) is 105 Å². The van der Waals surface area contributed by atoms with Gasteiger partial charge in [0.1, 0.15) is 3.23 Å². The summed E-state index contributed by atoms with van der Waals surface area (Å²) in [5.74, 6) is 6.26. The Hall–Kier alpha value is 0.630. The van der Waals surface area contributed by atoms with Crippen LogP contribution in [0.2, 0.25) is 0 Å². The molecule has 0 bridgehead atoms. The number of carbonyl (C=O) groups excluding carboxylic acids is 1. The summed E-state index contributed by atoms with van der Waals surface area (Å²) in [6.07, 6.45) is 14.4. The van der Waals surface area contributed by atoms with Crippen molar-refractivity contribution in [3.63, 3.8) is 0 Å². The number of Topliss-reactive ketones (excluding diaryl/α,β-unsaturated/α-hetero) is 1. The summed E-state index contributed by atoms with van der Waals surface area (Å²) in [5, 5.41) is 0. The fourth-order valence-corrected chi connectivity index (χ4v) is 10.7. The highest BCUT2D eigenvalue weighted by molar-refractivity contribution is 9.25. The van der Waals surface area contributed by atoms with Gasteiger partial charge in [-0.15, -0.1) is 0 Å². The van der Waals surface area contributed by atoms with Crippen LogP contribution in [-0.2, 0) is 4.79 Å². The lowest BCUT2D eigenvalue weighted by Gasteiger charge is -2.61. The molecule has 0 amide bonds. The molecule has 0 aliphatic heterocycles. The van der Waals surface area contributed by atoms with Crippen LogP contribution < -0.4 is 0 Å². The molecule has 30 heavy (non-hydrogen) atoms. The molecule has 0 heterocycles. The number of hydrogen-bond acceptors (Lipinski definition) is 1. The van der Waals surface area contributed by atoms with Gasteiger partial charge in [-0.2, -0.15) is 0 Å². The minimum absolute atomic E-state index is 0.312. The van der Waals surface area contributed by atoms with Crippen molar-refractivity contribution in [2.45, 2.75) is 108 Å². The van der Waals surface area contributed by atoms with E-state index < -0.39 is 3.23 Å². The predicted molar refractivity (Wildman–Crippen MR) is 134 cm³/mol. The lowest BCUT2D eigenvalue weighted by molar-refractivity contribution is -0.140. The van der Waals surface area contributed by atoms with Crippen LogP contribution >= 0.6 is 31.9 Å². The van der Waals surface area contributed by atoms with Crippen molar-refractivity contribution in [2.75, 3.05) is 0 Å². The topological polar surface area (TPSA) is 17.1 Å². The Balaban J connectivity index is 1.50. The van der Waals surface area contributed by atoms with E-state index in [1.807, 2.05) is 0 Å². The van der Waals surface area contributed by atoms with Crippen molar-refractivity contribution in [3.8, 4) is 0 Å². The van der Waals surface area contributed by atoms with Crippen molar-refractivity contribution in [3.05, 3.63) is 0 Å². The number of rotatable bonds is 5. The average Bonchev–Trinajstić information content (AvgIpc) is 2.99. The molecular formula is C27H44Br2O. The van der Waals surface area contributed by atoms with E-state index in [0.29, 0.717) is 22.5 Å². The molecule has 4 aliphatic rings. The first-order valence-electron chi connectivity index (χ1n) is 12.9. The second-order valence-corrected chi connectivity index (χ2v) is 16.5. The molecule has 0 radical (unpaired) electrons. The van der Waals surface area contributed by atoms with E-state index in [9.17, 15) is 4.79 Å². The summed E-state index contributed by atoms with van der Waals surface area (Å²) in [4.78, 5) is 12.7. The minimum Gasteiger partial charge on any atom is -0.297 e. The third kappa shape index (κ3) is 3.92. The van der Waals surface area contributed by atoms with Gasteiger partial charge in [0.15, 0.2) is 5.78 Å². The van der Waals surface area contributed by atoms with E-state index in [-0.39, 0.29) is 0 Å². The fraction of sp³-hybridized carbons (Fsp3) is 0.963. The standard InChI is InChI=1S/C27H44Br2O/c1-17(2)7-6-8-18(3)21-11-12-22-20-10-9-19-15-24(30)27(28,29)16-26(19,5)23(20)13-14-25(21,22)4/h17-23H,6-16H2,1-5H3/t18-,19?,20+,21-,22+,23+,25-,26+/m1/s1. The maximum Gasteiger partial charge on any atom is 0.160 e. The van der Waals surface area contributed by atoms with Crippen LogP contribution in [0.15, 0.2) is 0 Å². The highest BCUT2D eigenvalue weighted by Crippen LogP contribution is 2.69. The van der Waals surface area contributed by atoms with E-state index in [0.717, 1.165) is 48.3 Å². The molecule has 4 aliphatic carbocycles. The Morgan fingerprint density at radius 1 is 0.933 bits per heavy atom. The highest BCUT2D eigenvalue weighted by Gasteiger charge is 2.63. The minimum atomic E-state index is -0.475. The Kier molecular flexibility index (Phi) is 6.69. The van der Waals surface area contributed by atoms with Crippen LogP contribution in [0.4, 0.5) is 0 Å². The van der Waals surface area contributed by atoms with Gasteiger partial charge in [-0.05, 0) is 97.2 Å². The predicted octanol–water partition coefficient (Wildman–Crippen LogP) is 8.77. The molecule has 8 atom stereocenters. The van der Waals surface area contributed by atoms with Gasteiger partial charge in [-0.25, -0.2) is 0 Å². The van der Waals surface area contributed by atoms with Crippen molar-refractivity contribution in [2.24, 2.45) is 52.3 Å². The van der Waals surface area contributed by atoms with Gasteiger partial charge in [0, 0.05) is 6.42 Å². The number of carbonyl (C=O) groups is 1. The fourth-order valence-electron chi connectivity index (χ4n) is 9.12. The zero-order valence-electron chi connectivity index (χ0n) is 20.0. The van der Waals surface area contributed by atoms with Crippen LogP contribution in [0.25, 0.3) is 0 Å². The van der Waals surface area contributed by atoms with E-state index >= 15 is 0 Å². The van der Waals surface area contributed by atoms with Crippen molar-refractivity contribution < 1.29 is 4.79 Å². The second kappa shape index (κ2) is 8.44. The average molecular weight is 544 g/mol. The third-order valence-corrected chi connectivity index (χ3v) is 12.2. The van der Waals surface area contributed by atoms with E-state index in [1.54, 1.807) is 0 Å². The zero-order valence-corrected chi connectivity index (χ0v) is 23.2. The molecule has 0 spiro atoms. The first kappa shape index (κ1) is 23.8. The van der Waals surface area contributed by atoms with E-state index in [1.165, 1.54) is 57.8 Å². The summed E-state index contributed by atoms with van der Waals surface area (Å²) >= 11 is 7.54. The van der Waals surface area contributed by atoms with Gasteiger partial charge >= 0.3 is 0 Å². The molecule has 4 rings (SSSR count). The molecule has 0 N–H and O–H groups in total. The molecule has 0 aromatic rings. The van der Waals surface area contributed by atoms with E-state index in [2.05, 4.69) is 66.5 Å². The van der Waals surface area contributed by atoms with Gasteiger partial charge in [0.05, 0.1) is 0 Å². The maximum atomic E-state index is 12.7. The second-order valence-electron chi connectivity index (χ2n) is 12.7. The molecule has 0 saturated heterocycles. The largest absolute Gasteiger partial charge is 0.297 e. The number of alkyl halides is 2. The van der Waals surface area contributed by atoms with Gasteiger partial charge in [-0.3, -0.25) is 4.79 Å². The van der Waals surface area contributed by atoms with Crippen molar-refractivity contribution >= 4 is 37.6 Å². The third-order valence-electron chi connectivity index (χ3n) is 10.7. The van der Waals surface area contributed by atoms with Crippen LogP contribution in [0.5, 0.6) is 0 Å². The summed E-state index contributed by atoms with van der Waals surface area (Å²) in [7, 11) is 0. The molecule has 1 nitrogen and oxygen atoms in total. The lowest BCUT2D eigenvalue weighted by atomic mass is 9.44. The van der Waals surface area contributed by atoms with Crippen molar-refractivity contribution in [1.82, 2.24) is 0 Å². The molecule has 0 aromatic heterocycles. The molecule has 1 unspecified atom stereocenters. The number of ketones is 1. The monoisotopic (exact) mass is 542 g/mol. The molecule has 0 aromatic carbocycles. The van der Waals surface area contributed by atoms with Crippen LogP contribution in [0, 0.1) is 52.3 Å². The smallest absolute Gasteiger partial charge is 0.160 e. The first-order chi connectivity index (χ1) is 14.0. The number of hydrogen-bond donors (Lipinski definition) is 0. The lowest BCUT2D eigenvalue weighted by Crippen LogP contribution is -2.57. The van der Waals surface area contributed by atoms with Crippen molar-refractivity contribution in [1.29, 1.82) is 0 Å². The Morgan fingerprint density at radius 2 is 1.63 bits per heavy atom. The number of halogens is 2. The molecule has 4 fully saturated rings. The Morgan fingerprint density at radius 3 is 2.33 bits per heavy atom. The SMILES string of the molecule is CC(C)CCC[C@@H](C)[C@H]1CC[C@H]2[C@@H]3CCC4CC(=O)C(Br)(Br)C[C@]4(C)[C@H]3CC[C@]12C. The van der Waals surface area contributed by atoms with Gasteiger partial charge in [-0.1, -0.05) is 85.7 Å². The summed E-state index contributed by atoms with van der Waals surface area (Å²) < 4.78 is -0.475. The zero-order chi connectivity index (χ0) is 21.9. The summed E-state index contributed by atoms with van der Waals surface area (Å²) in [6, 6.07) is 0. The molecule has 172 valence electrons. The van der Waals surface area contributed by atoms with Gasteiger partial charge < -0.3 is 0 Å². The summed E-state index contributed by atoms with van der Waals surface area (Å²) in [6.45, 7) is 12.5. The molecule has 4 saturated carbocycles. The molecular weight excluding hydrogens is 500 g/mol. The van der Waals surface area contributed by atoms with E-state index in [4.69, 9.17) is 0 Å². The van der Waals surface area contributed by atoms with Gasteiger partial charge in [0.25, 0.3) is 0 Å². The first-order valence-corrected chi connectivity index (χ1v) is 14.5. The van der Waals surface area contributed by atoms with Gasteiger partial charge in [0.2, 0.25) is 0 Å². The maximum absolute atomic E-state index is 12.7. The summed E-state index contributed by atoms with van der Waals surface area (Å²) in [5.41, 5.74) is 0.873. The highest BCUT2D eigenvalue weighted by atomic mass is 79.9. The quantitative estimate of drug-likeness (QED) is 0.316. The molecule has 3 heteroatoms. The van der Waals surface area contributed by atoms with Crippen LogP contribution in [0.3, 0.4) is 0 Å². The Labute approximate surface area is 202 Å². The number of fused-ring (bicyclic) bond motifs is 5. The Bertz CT molecular complexity index is 657. The normalized spacial score (nSPS) is 46.3. The van der Waals surface area contributed by atoms with Crippen LogP contribution in [-0.4, -0.2) is 9.02 Å².